The van der Waals surface area contributed by atoms with Gasteiger partial charge in [0.25, 0.3) is 0 Å². The summed E-state index contributed by atoms with van der Waals surface area (Å²) in [5, 5.41) is 3.74. The molecule has 2 heterocycles. The van der Waals surface area contributed by atoms with E-state index in [4.69, 9.17) is 9.73 Å². The van der Waals surface area contributed by atoms with Crippen molar-refractivity contribution in [3.8, 4) is 0 Å². The Morgan fingerprint density at radius 2 is 1.93 bits per heavy atom. The molecule has 1 N–H and O–H groups in total. The van der Waals surface area contributed by atoms with Gasteiger partial charge in [-0.15, -0.1) is 24.0 Å². The molecular formula is C20H37IN4O2. The highest BCUT2D eigenvalue weighted by atomic mass is 127. The molecule has 2 aliphatic heterocycles. The first-order valence-corrected chi connectivity index (χ1v) is 10.3. The van der Waals surface area contributed by atoms with Crippen LogP contribution in [0.3, 0.4) is 0 Å². The number of amides is 1. The summed E-state index contributed by atoms with van der Waals surface area (Å²) >= 11 is 0. The third-order valence-corrected chi connectivity index (χ3v) is 6.58. The van der Waals surface area contributed by atoms with Crippen molar-refractivity contribution < 1.29 is 9.53 Å². The zero-order valence-corrected chi connectivity index (χ0v) is 19.5. The van der Waals surface area contributed by atoms with Gasteiger partial charge >= 0.3 is 0 Å². The van der Waals surface area contributed by atoms with E-state index in [0.29, 0.717) is 17.4 Å². The molecule has 1 spiro atoms. The maximum atomic E-state index is 12.1. The van der Waals surface area contributed by atoms with Crippen molar-refractivity contribution >= 4 is 35.8 Å². The normalized spacial score (nSPS) is 28.0. The Balaban J connectivity index is 0.00000261. The lowest BCUT2D eigenvalue weighted by atomic mass is 9.80. The van der Waals surface area contributed by atoms with Crippen molar-refractivity contribution in [2.45, 2.75) is 57.9 Å². The van der Waals surface area contributed by atoms with Crippen LogP contribution in [0.5, 0.6) is 0 Å². The summed E-state index contributed by atoms with van der Waals surface area (Å²) in [4.78, 5) is 20.8. The molecule has 0 aromatic carbocycles. The van der Waals surface area contributed by atoms with Crippen molar-refractivity contribution in [3.05, 3.63) is 0 Å². The smallest absolute Gasteiger partial charge is 0.243 e. The molecule has 156 valence electrons. The van der Waals surface area contributed by atoms with Crippen LogP contribution in [0.2, 0.25) is 0 Å². The van der Waals surface area contributed by atoms with Crippen LogP contribution in [0.1, 0.15) is 51.9 Å². The molecule has 6 nitrogen and oxygen atoms in total. The molecule has 0 aromatic rings. The molecule has 1 saturated carbocycles. The number of halogens is 1. The standard InChI is InChI=1S/C20H36N4O2.HI/c1-16-6-4-5-7-17(16)22-19(21-14-18(25)23(2)3)24-11-8-20(15-24)9-12-26-13-10-20;/h16-17H,4-15H2,1-3H3,(H,21,22);1H. The number of rotatable bonds is 3. The average molecular weight is 492 g/mol. The molecule has 1 amide bonds. The third-order valence-electron chi connectivity index (χ3n) is 6.58. The lowest BCUT2D eigenvalue weighted by Gasteiger charge is -2.36. The van der Waals surface area contributed by atoms with E-state index in [2.05, 4.69) is 17.1 Å². The third kappa shape index (κ3) is 5.95. The second kappa shape index (κ2) is 10.3. The van der Waals surface area contributed by atoms with Gasteiger partial charge < -0.3 is 19.9 Å². The van der Waals surface area contributed by atoms with Crippen molar-refractivity contribution in [3.63, 3.8) is 0 Å². The van der Waals surface area contributed by atoms with Gasteiger partial charge in [0.05, 0.1) is 0 Å². The van der Waals surface area contributed by atoms with E-state index >= 15 is 0 Å². The SMILES string of the molecule is CC1CCCCC1NC(=NCC(=O)N(C)C)N1CCC2(CCOCC2)C1.I. The van der Waals surface area contributed by atoms with Gasteiger partial charge in [-0.1, -0.05) is 19.8 Å². The van der Waals surface area contributed by atoms with Gasteiger partial charge in [-0.3, -0.25) is 4.79 Å². The Morgan fingerprint density at radius 3 is 2.59 bits per heavy atom. The van der Waals surface area contributed by atoms with E-state index < -0.39 is 0 Å². The minimum Gasteiger partial charge on any atom is -0.381 e. The van der Waals surface area contributed by atoms with Crippen molar-refractivity contribution in [2.75, 3.05) is 46.9 Å². The summed E-state index contributed by atoms with van der Waals surface area (Å²) < 4.78 is 5.58. The topological polar surface area (TPSA) is 57.2 Å². The lowest BCUT2D eigenvalue weighted by molar-refractivity contribution is -0.127. The van der Waals surface area contributed by atoms with Crippen LogP contribution in [0, 0.1) is 11.3 Å². The summed E-state index contributed by atoms with van der Waals surface area (Å²) in [6.07, 6.45) is 8.60. The van der Waals surface area contributed by atoms with E-state index in [0.717, 1.165) is 45.1 Å². The van der Waals surface area contributed by atoms with Crippen LogP contribution in [-0.2, 0) is 9.53 Å². The van der Waals surface area contributed by atoms with Gasteiger partial charge in [-0.05, 0) is 43.4 Å². The number of ether oxygens (including phenoxy) is 1. The second-order valence-electron chi connectivity index (χ2n) is 8.72. The Morgan fingerprint density at radius 1 is 1.22 bits per heavy atom. The largest absolute Gasteiger partial charge is 0.381 e. The van der Waals surface area contributed by atoms with Crippen LogP contribution in [0.25, 0.3) is 0 Å². The number of nitrogens with one attached hydrogen (secondary N) is 1. The molecule has 27 heavy (non-hydrogen) atoms. The number of carbonyl (C=O) groups is 1. The molecule has 3 fully saturated rings. The van der Waals surface area contributed by atoms with Crippen LogP contribution < -0.4 is 5.32 Å². The molecule has 0 bridgehead atoms. The summed E-state index contributed by atoms with van der Waals surface area (Å²) in [7, 11) is 3.59. The molecule has 2 saturated heterocycles. The quantitative estimate of drug-likeness (QED) is 0.374. The van der Waals surface area contributed by atoms with Crippen LogP contribution in [-0.4, -0.2) is 74.7 Å². The van der Waals surface area contributed by atoms with E-state index in [1.165, 1.54) is 32.1 Å². The fraction of sp³-hybridized carbons (Fsp3) is 0.900. The molecule has 2 atom stereocenters. The summed E-state index contributed by atoms with van der Waals surface area (Å²) in [6.45, 7) is 6.40. The fourth-order valence-electron chi connectivity index (χ4n) is 4.55. The van der Waals surface area contributed by atoms with Gasteiger partial charge in [0.2, 0.25) is 5.91 Å². The maximum Gasteiger partial charge on any atom is 0.243 e. The van der Waals surface area contributed by atoms with Gasteiger partial charge in [-0.2, -0.15) is 0 Å². The first-order chi connectivity index (χ1) is 12.5. The molecule has 3 aliphatic rings. The zero-order valence-electron chi connectivity index (χ0n) is 17.2. The number of likely N-dealkylation sites (N-methyl/N-ethyl adjacent to an activating group) is 1. The molecule has 2 unspecified atom stereocenters. The number of hydrogen-bond donors (Lipinski definition) is 1. The molecule has 0 aromatic heterocycles. The number of hydrogen-bond acceptors (Lipinski definition) is 3. The highest BCUT2D eigenvalue weighted by Crippen LogP contribution is 2.39. The molecule has 0 radical (unpaired) electrons. The molecule has 3 rings (SSSR count). The summed E-state index contributed by atoms with van der Waals surface area (Å²) in [6, 6.07) is 0.475. The fourth-order valence-corrected chi connectivity index (χ4v) is 4.55. The number of carbonyl (C=O) groups excluding carboxylic acids is 1. The Bertz CT molecular complexity index is 520. The van der Waals surface area contributed by atoms with Crippen LogP contribution in [0.15, 0.2) is 4.99 Å². The predicted octanol–water partition coefficient (Wildman–Crippen LogP) is 2.72. The van der Waals surface area contributed by atoms with Gasteiger partial charge in [-0.25, -0.2) is 4.99 Å². The number of likely N-dealkylation sites (tertiary alicyclic amines) is 1. The second-order valence-corrected chi connectivity index (χ2v) is 8.72. The molecule has 7 heteroatoms. The van der Waals surface area contributed by atoms with Gasteiger partial charge in [0, 0.05) is 46.4 Å². The van der Waals surface area contributed by atoms with E-state index in [1.54, 1.807) is 19.0 Å². The first-order valence-electron chi connectivity index (χ1n) is 10.3. The zero-order chi connectivity index (χ0) is 18.6. The predicted molar refractivity (Wildman–Crippen MR) is 120 cm³/mol. The van der Waals surface area contributed by atoms with E-state index in [9.17, 15) is 4.79 Å². The minimum absolute atomic E-state index is 0. The Labute approximate surface area is 181 Å². The molecular weight excluding hydrogens is 455 g/mol. The maximum absolute atomic E-state index is 12.1. The average Bonchev–Trinajstić information content (AvgIpc) is 3.03. The van der Waals surface area contributed by atoms with Gasteiger partial charge in [0.15, 0.2) is 5.96 Å². The summed E-state index contributed by atoms with van der Waals surface area (Å²) in [5.41, 5.74) is 0.379. The van der Waals surface area contributed by atoms with E-state index in [1.807, 2.05) is 0 Å². The molecule has 1 aliphatic carbocycles. The van der Waals surface area contributed by atoms with Crippen molar-refractivity contribution in [1.29, 1.82) is 0 Å². The number of nitrogens with zero attached hydrogens (tertiary/aromatic N) is 3. The Hall–Kier alpha value is -0.570. The first kappa shape index (κ1) is 22.7. The highest BCUT2D eigenvalue weighted by Gasteiger charge is 2.40. The van der Waals surface area contributed by atoms with E-state index in [-0.39, 0.29) is 36.4 Å². The van der Waals surface area contributed by atoms with Crippen LogP contribution >= 0.6 is 24.0 Å². The van der Waals surface area contributed by atoms with Crippen molar-refractivity contribution in [2.24, 2.45) is 16.3 Å². The highest BCUT2D eigenvalue weighted by molar-refractivity contribution is 14.0. The van der Waals surface area contributed by atoms with Crippen LogP contribution in [0.4, 0.5) is 0 Å². The van der Waals surface area contributed by atoms with Gasteiger partial charge in [0.1, 0.15) is 6.54 Å². The lowest BCUT2D eigenvalue weighted by Crippen LogP contribution is -2.49. The monoisotopic (exact) mass is 492 g/mol. The number of aliphatic imine (C=N–C) groups is 1. The number of guanidine groups is 1. The van der Waals surface area contributed by atoms with Crippen molar-refractivity contribution in [1.82, 2.24) is 15.1 Å². The minimum atomic E-state index is 0. The Kier molecular flexibility index (Phi) is 8.65. The summed E-state index contributed by atoms with van der Waals surface area (Å²) in [5.74, 6) is 1.67.